The molecule has 2 aromatic carbocycles. The molecule has 4 rings (SSSR count). The monoisotopic (exact) mass is 495 g/mol. The number of thiazole rings is 1. The molecular formula is C25H29N5O2S2. The van der Waals surface area contributed by atoms with Gasteiger partial charge in [-0.25, -0.2) is 4.98 Å². The van der Waals surface area contributed by atoms with Gasteiger partial charge in [0.1, 0.15) is 0 Å². The average Bonchev–Trinajstić information content (AvgIpc) is 3.35. The molecule has 178 valence electrons. The van der Waals surface area contributed by atoms with Crippen LogP contribution in [0.25, 0.3) is 10.2 Å². The van der Waals surface area contributed by atoms with Crippen molar-refractivity contribution in [3.05, 3.63) is 65.3 Å². The van der Waals surface area contributed by atoms with E-state index >= 15 is 0 Å². The zero-order valence-corrected chi connectivity index (χ0v) is 20.7. The summed E-state index contributed by atoms with van der Waals surface area (Å²) in [5.74, 6) is -0.0241. The number of fused-ring (bicyclic) bond motifs is 1. The van der Waals surface area contributed by atoms with Gasteiger partial charge in [0.05, 0.1) is 26.2 Å². The third-order valence-electron chi connectivity index (χ3n) is 5.93. The Hall–Kier alpha value is -2.88. The maximum absolute atomic E-state index is 13.0. The minimum absolute atomic E-state index is 0.0241. The van der Waals surface area contributed by atoms with Gasteiger partial charge >= 0.3 is 0 Å². The lowest BCUT2D eigenvalue weighted by molar-refractivity contribution is -0.0152. The van der Waals surface area contributed by atoms with Crippen molar-refractivity contribution in [3.8, 4) is 0 Å². The van der Waals surface area contributed by atoms with E-state index in [4.69, 9.17) is 5.41 Å². The molecule has 0 bridgehead atoms. The van der Waals surface area contributed by atoms with Crippen LogP contribution in [0.15, 0.2) is 64.6 Å². The quantitative estimate of drug-likeness (QED) is 0.248. The second kappa shape index (κ2) is 11.0. The third-order valence-corrected chi connectivity index (χ3v) is 7.61. The van der Waals surface area contributed by atoms with Gasteiger partial charge in [0.25, 0.3) is 5.91 Å². The first kappa shape index (κ1) is 24.3. The van der Waals surface area contributed by atoms with E-state index in [1.807, 2.05) is 48.8 Å². The summed E-state index contributed by atoms with van der Waals surface area (Å²) in [6.45, 7) is 3.75. The van der Waals surface area contributed by atoms with Gasteiger partial charge in [-0.1, -0.05) is 6.07 Å². The summed E-state index contributed by atoms with van der Waals surface area (Å²) in [5, 5.41) is 21.6. The average molecular weight is 496 g/mol. The maximum atomic E-state index is 13.0. The Morgan fingerprint density at radius 3 is 2.74 bits per heavy atom. The summed E-state index contributed by atoms with van der Waals surface area (Å²) < 4.78 is 4.49. The standard InChI is InChI=1S/C25H29N5O2S2/c1-2-27-16-18(15-26)14-25(32)10-12-30(13-11-25)24(31)19-6-8-20(9-7-19)29-34-22-5-3-4-21-23(22)28-17-33-21/h3-9,15-17,26-27,29,32H,2,10-14H2,1H3/b18-16-,26-15?. The SMILES string of the molecule is CCN/C=C(\C=N)CC1(O)CCN(C(=O)c2ccc(NSc3cccc4scnc34)cc2)CC1. The van der Waals surface area contributed by atoms with Gasteiger partial charge in [-0.05, 0) is 73.7 Å². The molecule has 0 unspecified atom stereocenters. The van der Waals surface area contributed by atoms with Crippen molar-refractivity contribution in [2.24, 2.45) is 0 Å². The van der Waals surface area contributed by atoms with Crippen molar-refractivity contribution in [2.75, 3.05) is 24.4 Å². The van der Waals surface area contributed by atoms with Gasteiger partial charge < -0.3 is 25.5 Å². The number of carbonyl (C=O) groups is 1. The van der Waals surface area contributed by atoms with Gasteiger partial charge in [-0.3, -0.25) is 4.79 Å². The highest BCUT2D eigenvalue weighted by Gasteiger charge is 2.34. The van der Waals surface area contributed by atoms with Crippen LogP contribution < -0.4 is 10.0 Å². The van der Waals surface area contributed by atoms with Crippen LogP contribution in [0.4, 0.5) is 5.69 Å². The van der Waals surface area contributed by atoms with Crippen LogP contribution >= 0.6 is 23.3 Å². The number of aliphatic hydroxyl groups is 1. The molecule has 1 aliphatic heterocycles. The van der Waals surface area contributed by atoms with E-state index in [-0.39, 0.29) is 5.91 Å². The van der Waals surface area contributed by atoms with E-state index < -0.39 is 5.60 Å². The molecule has 2 heterocycles. The van der Waals surface area contributed by atoms with Crippen molar-refractivity contribution in [1.82, 2.24) is 15.2 Å². The number of nitrogens with zero attached hydrogens (tertiary/aromatic N) is 2. The third kappa shape index (κ3) is 5.78. The molecule has 0 radical (unpaired) electrons. The first-order valence-corrected chi connectivity index (χ1v) is 13.0. The number of anilines is 1. The molecule has 34 heavy (non-hydrogen) atoms. The van der Waals surface area contributed by atoms with Gasteiger partial charge in [-0.2, -0.15) is 0 Å². The number of likely N-dealkylation sites (tertiary alicyclic amines) is 1. The first-order chi connectivity index (χ1) is 16.5. The van der Waals surface area contributed by atoms with Crippen molar-refractivity contribution < 1.29 is 9.90 Å². The Bertz CT molecular complexity index is 1170. The molecule has 1 aromatic heterocycles. The van der Waals surface area contributed by atoms with Crippen LogP contribution in [-0.2, 0) is 0 Å². The normalized spacial score (nSPS) is 15.8. The molecule has 1 saturated heterocycles. The predicted octanol–water partition coefficient (Wildman–Crippen LogP) is 4.92. The molecule has 9 heteroatoms. The van der Waals surface area contributed by atoms with Gasteiger partial charge in [-0.15, -0.1) is 11.3 Å². The number of carbonyl (C=O) groups excluding carboxylic acids is 1. The minimum Gasteiger partial charge on any atom is -0.391 e. The molecule has 0 spiro atoms. The summed E-state index contributed by atoms with van der Waals surface area (Å²) in [6, 6.07) is 13.6. The number of amides is 1. The number of hydrogen-bond acceptors (Lipinski definition) is 8. The molecule has 1 amide bonds. The lowest BCUT2D eigenvalue weighted by Crippen LogP contribution is -2.47. The van der Waals surface area contributed by atoms with Crippen molar-refractivity contribution in [3.63, 3.8) is 0 Å². The number of rotatable bonds is 9. The number of nitrogens with one attached hydrogen (secondary N) is 3. The summed E-state index contributed by atoms with van der Waals surface area (Å²) in [4.78, 5) is 20.3. The number of hydrogen-bond donors (Lipinski definition) is 4. The largest absolute Gasteiger partial charge is 0.391 e. The summed E-state index contributed by atoms with van der Waals surface area (Å²) in [6.07, 6.45) is 4.47. The lowest BCUT2D eigenvalue weighted by atomic mass is 9.85. The highest BCUT2D eigenvalue weighted by atomic mass is 32.2. The summed E-state index contributed by atoms with van der Waals surface area (Å²) >= 11 is 3.13. The Morgan fingerprint density at radius 1 is 1.26 bits per heavy atom. The Balaban J connectivity index is 1.31. The van der Waals surface area contributed by atoms with E-state index in [0.29, 0.717) is 37.9 Å². The Morgan fingerprint density at radius 2 is 2.03 bits per heavy atom. The number of aromatic nitrogens is 1. The number of piperidine rings is 1. The summed E-state index contributed by atoms with van der Waals surface area (Å²) in [5.41, 5.74) is 4.26. The van der Waals surface area contributed by atoms with E-state index in [9.17, 15) is 9.90 Å². The van der Waals surface area contributed by atoms with Crippen LogP contribution in [0.1, 0.15) is 36.5 Å². The molecule has 0 atom stereocenters. The van der Waals surface area contributed by atoms with Gasteiger partial charge in [0.15, 0.2) is 0 Å². The molecular weight excluding hydrogens is 466 g/mol. The second-order valence-electron chi connectivity index (χ2n) is 8.35. The molecule has 7 nitrogen and oxygen atoms in total. The van der Waals surface area contributed by atoms with Gasteiger partial charge in [0, 0.05) is 49.7 Å². The second-order valence-corrected chi connectivity index (χ2v) is 10.1. The highest BCUT2D eigenvalue weighted by Crippen LogP contribution is 2.31. The van der Waals surface area contributed by atoms with Crippen LogP contribution in [0, 0.1) is 5.41 Å². The lowest BCUT2D eigenvalue weighted by Gasteiger charge is -2.38. The van der Waals surface area contributed by atoms with Crippen LogP contribution in [0.3, 0.4) is 0 Å². The van der Waals surface area contributed by atoms with Crippen LogP contribution in [0.2, 0.25) is 0 Å². The van der Waals surface area contributed by atoms with Crippen LogP contribution in [-0.4, -0.2) is 52.3 Å². The fourth-order valence-corrected chi connectivity index (χ4v) is 5.52. The zero-order valence-electron chi connectivity index (χ0n) is 19.1. The molecule has 0 aliphatic carbocycles. The smallest absolute Gasteiger partial charge is 0.253 e. The minimum atomic E-state index is -0.888. The maximum Gasteiger partial charge on any atom is 0.253 e. The van der Waals surface area contributed by atoms with Crippen molar-refractivity contribution >= 4 is 51.3 Å². The van der Waals surface area contributed by atoms with Crippen molar-refractivity contribution in [2.45, 2.75) is 36.7 Å². The summed E-state index contributed by atoms with van der Waals surface area (Å²) in [7, 11) is 0. The van der Waals surface area contributed by atoms with E-state index in [0.717, 1.165) is 32.9 Å². The topological polar surface area (TPSA) is 101 Å². The van der Waals surface area contributed by atoms with E-state index in [1.165, 1.54) is 18.2 Å². The van der Waals surface area contributed by atoms with E-state index in [1.54, 1.807) is 22.4 Å². The fourth-order valence-electron chi connectivity index (χ4n) is 3.98. The predicted molar refractivity (Wildman–Crippen MR) is 141 cm³/mol. The molecule has 1 fully saturated rings. The molecule has 3 aromatic rings. The Labute approximate surface area is 207 Å². The zero-order chi connectivity index (χ0) is 24.0. The van der Waals surface area contributed by atoms with E-state index in [2.05, 4.69) is 21.1 Å². The number of benzene rings is 2. The molecule has 4 N–H and O–H groups in total. The first-order valence-electron chi connectivity index (χ1n) is 11.3. The van der Waals surface area contributed by atoms with Crippen molar-refractivity contribution in [1.29, 1.82) is 5.41 Å². The van der Waals surface area contributed by atoms with Crippen LogP contribution in [0.5, 0.6) is 0 Å². The van der Waals surface area contributed by atoms with Gasteiger partial charge in [0.2, 0.25) is 0 Å². The Kier molecular flexibility index (Phi) is 7.87. The highest BCUT2D eigenvalue weighted by molar-refractivity contribution is 8.00. The molecule has 1 aliphatic rings. The number of para-hydroxylation sites is 1. The fraction of sp³-hybridized carbons (Fsp3) is 0.320. The molecule has 0 saturated carbocycles.